The Morgan fingerprint density at radius 2 is 2.06 bits per heavy atom. The predicted molar refractivity (Wildman–Crippen MR) is 72.3 cm³/mol. The van der Waals surface area contributed by atoms with Crippen LogP contribution in [-0.2, 0) is 6.42 Å². The summed E-state index contributed by atoms with van der Waals surface area (Å²) in [7, 11) is 0. The number of aromatic nitrogens is 1. The minimum absolute atomic E-state index is 0.281. The minimum atomic E-state index is -0.281. The van der Waals surface area contributed by atoms with Crippen LogP contribution in [0.2, 0.25) is 5.02 Å². The second kappa shape index (κ2) is 8.48. The highest BCUT2D eigenvalue weighted by Gasteiger charge is 2.08. The molecule has 0 aliphatic carbocycles. The first-order valence-electron chi connectivity index (χ1n) is 6.50. The number of aliphatic hydroxyl groups is 1. The van der Waals surface area contributed by atoms with Crippen LogP contribution in [0.1, 0.15) is 51.0 Å². The highest BCUT2D eigenvalue weighted by atomic mass is 35.5. The van der Waals surface area contributed by atoms with Crippen molar-refractivity contribution in [2.45, 2.75) is 58.0 Å². The first-order chi connectivity index (χ1) is 8.24. The van der Waals surface area contributed by atoms with Gasteiger partial charge in [0.1, 0.15) is 0 Å². The van der Waals surface area contributed by atoms with Crippen LogP contribution in [0.25, 0.3) is 0 Å². The Morgan fingerprint density at radius 3 is 2.76 bits per heavy atom. The monoisotopic (exact) mass is 255 g/mol. The van der Waals surface area contributed by atoms with E-state index < -0.39 is 0 Å². The molecule has 17 heavy (non-hydrogen) atoms. The molecule has 0 aromatic carbocycles. The fraction of sp³-hybridized carbons (Fsp3) is 0.643. The molecule has 0 aliphatic heterocycles. The van der Waals surface area contributed by atoms with Crippen LogP contribution in [0, 0.1) is 0 Å². The molecule has 1 rings (SSSR count). The average molecular weight is 256 g/mol. The number of rotatable bonds is 8. The molecule has 1 aromatic rings. The SMILES string of the molecule is CCCCCCCC(O)Cc1ccncc1Cl. The van der Waals surface area contributed by atoms with Gasteiger partial charge in [-0.3, -0.25) is 4.98 Å². The molecule has 1 heterocycles. The lowest BCUT2D eigenvalue weighted by Crippen LogP contribution is -2.10. The highest BCUT2D eigenvalue weighted by Crippen LogP contribution is 2.17. The minimum Gasteiger partial charge on any atom is -0.393 e. The molecule has 0 spiro atoms. The summed E-state index contributed by atoms with van der Waals surface area (Å²) in [5.41, 5.74) is 0.989. The summed E-state index contributed by atoms with van der Waals surface area (Å²) in [6.45, 7) is 2.21. The molecule has 1 unspecified atom stereocenters. The zero-order valence-electron chi connectivity index (χ0n) is 10.5. The van der Waals surface area contributed by atoms with Gasteiger partial charge in [0.2, 0.25) is 0 Å². The molecular weight excluding hydrogens is 234 g/mol. The van der Waals surface area contributed by atoms with Crippen molar-refractivity contribution < 1.29 is 5.11 Å². The van der Waals surface area contributed by atoms with E-state index in [2.05, 4.69) is 11.9 Å². The predicted octanol–water partition coefficient (Wildman–Crippen LogP) is 4.00. The molecule has 0 fully saturated rings. The largest absolute Gasteiger partial charge is 0.393 e. The Balaban J connectivity index is 2.21. The van der Waals surface area contributed by atoms with Crippen LogP contribution in [0.5, 0.6) is 0 Å². The summed E-state index contributed by atoms with van der Waals surface area (Å²) in [5.74, 6) is 0. The van der Waals surface area contributed by atoms with E-state index in [0.29, 0.717) is 11.4 Å². The van der Waals surface area contributed by atoms with Gasteiger partial charge in [0.25, 0.3) is 0 Å². The summed E-state index contributed by atoms with van der Waals surface area (Å²) in [4.78, 5) is 3.93. The lowest BCUT2D eigenvalue weighted by atomic mass is 10.0. The number of pyridine rings is 1. The van der Waals surface area contributed by atoms with E-state index in [1.54, 1.807) is 12.4 Å². The average Bonchev–Trinajstić information content (AvgIpc) is 2.32. The van der Waals surface area contributed by atoms with Crippen LogP contribution < -0.4 is 0 Å². The molecule has 3 heteroatoms. The van der Waals surface area contributed by atoms with E-state index in [4.69, 9.17) is 11.6 Å². The zero-order valence-corrected chi connectivity index (χ0v) is 11.3. The molecule has 0 bridgehead atoms. The Morgan fingerprint density at radius 1 is 1.29 bits per heavy atom. The van der Waals surface area contributed by atoms with Gasteiger partial charge >= 0.3 is 0 Å². The van der Waals surface area contributed by atoms with E-state index in [1.165, 1.54) is 25.7 Å². The Hall–Kier alpha value is -0.600. The highest BCUT2D eigenvalue weighted by molar-refractivity contribution is 6.31. The summed E-state index contributed by atoms with van der Waals surface area (Å²) < 4.78 is 0. The lowest BCUT2D eigenvalue weighted by molar-refractivity contribution is 0.161. The number of halogens is 1. The topological polar surface area (TPSA) is 33.1 Å². The van der Waals surface area contributed by atoms with E-state index in [9.17, 15) is 5.11 Å². The third-order valence-corrected chi connectivity index (χ3v) is 3.29. The van der Waals surface area contributed by atoms with E-state index in [-0.39, 0.29) is 6.10 Å². The maximum atomic E-state index is 9.90. The molecule has 2 nitrogen and oxygen atoms in total. The van der Waals surface area contributed by atoms with Gasteiger partial charge in [0, 0.05) is 12.4 Å². The number of hydrogen-bond acceptors (Lipinski definition) is 2. The molecule has 1 aromatic heterocycles. The molecule has 0 saturated heterocycles. The first kappa shape index (κ1) is 14.5. The third-order valence-electron chi connectivity index (χ3n) is 2.95. The van der Waals surface area contributed by atoms with Crippen molar-refractivity contribution in [2.24, 2.45) is 0 Å². The van der Waals surface area contributed by atoms with Crippen molar-refractivity contribution in [1.82, 2.24) is 4.98 Å². The van der Waals surface area contributed by atoms with Crippen LogP contribution in [0.15, 0.2) is 18.5 Å². The molecule has 1 N–H and O–H groups in total. The Kier molecular flexibility index (Phi) is 7.22. The van der Waals surface area contributed by atoms with E-state index in [0.717, 1.165) is 18.4 Å². The zero-order chi connectivity index (χ0) is 12.5. The van der Waals surface area contributed by atoms with Gasteiger partial charge in [-0.2, -0.15) is 0 Å². The van der Waals surface area contributed by atoms with Crippen LogP contribution >= 0.6 is 11.6 Å². The van der Waals surface area contributed by atoms with Crippen molar-refractivity contribution in [1.29, 1.82) is 0 Å². The number of unbranched alkanes of at least 4 members (excludes halogenated alkanes) is 4. The maximum absolute atomic E-state index is 9.90. The van der Waals surface area contributed by atoms with Crippen LogP contribution in [0.4, 0.5) is 0 Å². The normalized spacial score (nSPS) is 12.6. The van der Waals surface area contributed by atoms with Crippen LogP contribution in [0.3, 0.4) is 0 Å². The summed E-state index contributed by atoms with van der Waals surface area (Å²) >= 11 is 6.00. The molecule has 0 aliphatic rings. The number of hydrogen-bond donors (Lipinski definition) is 1. The van der Waals surface area contributed by atoms with Gasteiger partial charge in [0.05, 0.1) is 11.1 Å². The van der Waals surface area contributed by atoms with Gasteiger partial charge in [-0.25, -0.2) is 0 Å². The molecule has 96 valence electrons. The summed E-state index contributed by atoms with van der Waals surface area (Å²) in [6, 6.07) is 1.88. The van der Waals surface area contributed by atoms with Gasteiger partial charge in [0.15, 0.2) is 0 Å². The van der Waals surface area contributed by atoms with Gasteiger partial charge in [-0.1, -0.05) is 50.6 Å². The maximum Gasteiger partial charge on any atom is 0.0622 e. The second-order valence-corrected chi connectivity index (χ2v) is 4.94. The molecule has 1 atom stereocenters. The second-order valence-electron chi connectivity index (χ2n) is 4.53. The molecular formula is C14H22ClNO. The smallest absolute Gasteiger partial charge is 0.0622 e. The van der Waals surface area contributed by atoms with Crippen molar-refractivity contribution in [3.05, 3.63) is 29.0 Å². The summed E-state index contributed by atoms with van der Waals surface area (Å²) in [6.07, 6.45) is 10.7. The molecule has 0 amide bonds. The lowest BCUT2D eigenvalue weighted by Gasteiger charge is -2.11. The van der Waals surface area contributed by atoms with E-state index in [1.807, 2.05) is 6.07 Å². The standard InChI is InChI=1S/C14H22ClNO/c1-2-3-4-5-6-7-13(17)10-12-8-9-16-11-14(12)15/h8-9,11,13,17H,2-7,10H2,1H3. The van der Waals surface area contributed by atoms with Gasteiger partial charge in [-0.05, 0) is 24.5 Å². The number of nitrogens with zero attached hydrogens (tertiary/aromatic N) is 1. The third kappa shape index (κ3) is 6.04. The Labute approximate surface area is 109 Å². The summed E-state index contributed by atoms with van der Waals surface area (Å²) in [5, 5.41) is 10.6. The molecule has 0 saturated carbocycles. The van der Waals surface area contributed by atoms with Gasteiger partial charge < -0.3 is 5.11 Å². The van der Waals surface area contributed by atoms with Gasteiger partial charge in [-0.15, -0.1) is 0 Å². The molecule has 0 radical (unpaired) electrons. The van der Waals surface area contributed by atoms with Crippen molar-refractivity contribution in [3.8, 4) is 0 Å². The fourth-order valence-electron chi connectivity index (χ4n) is 1.91. The van der Waals surface area contributed by atoms with Crippen molar-refractivity contribution >= 4 is 11.6 Å². The van der Waals surface area contributed by atoms with Crippen molar-refractivity contribution in [3.63, 3.8) is 0 Å². The fourth-order valence-corrected chi connectivity index (χ4v) is 2.11. The van der Waals surface area contributed by atoms with Crippen LogP contribution in [-0.4, -0.2) is 16.2 Å². The van der Waals surface area contributed by atoms with Crippen molar-refractivity contribution in [2.75, 3.05) is 0 Å². The quantitative estimate of drug-likeness (QED) is 0.713. The first-order valence-corrected chi connectivity index (χ1v) is 6.88. The Bertz CT molecular complexity index is 317. The van der Waals surface area contributed by atoms with E-state index >= 15 is 0 Å². The number of aliphatic hydroxyl groups excluding tert-OH is 1.